The number of hydrogen-bond acceptors (Lipinski definition) is 4. The fourth-order valence-electron chi connectivity index (χ4n) is 2.39. The Labute approximate surface area is 108 Å². The summed E-state index contributed by atoms with van der Waals surface area (Å²) in [4.78, 5) is 0. The molecule has 1 heterocycles. The molecular weight excluding hydrogens is 230 g/mol. The van der Waals surface area contributed by atoms with Gasteiger partial charge in [0.05, 0.1) is 20.3 Å². The predicted octanol–water partition coefficient (Wildman–Crippen LogP) is 1.58. The van der Waals surface area contributed by atoms with Gasteiger partial charge in [-0.3, -0.25) is 0 Å². The van der Waals surface area contributed by atoms with E-state index in [4.69, 9.17) is 9.47 Å². The SMILES string of the molecule is COc1ccccc1OCCC1(CO)CCCN1. The van der Waals surface area contributed by atoms with Crippen molar-refractivity contribution in [2.45, 2.75) is 24.8 Å². The number of aliphatic hydroxyl groups excluding tert-OH is 1. The highest BCUT2D eigenvalue weighted by atomic mass is 16.5. The summed E-state index contributed by atoms with van der Waals surface area (Å²) in [6.07, 6.45) is 2.94. The van der Waals surface area contributed by atoms with Crippen LogP contribution in [0.5, 0.6) is 11.5 Å². The third kappa shape index (κ3) is 2.94. The smallest absolute Gasteiger partial charge is 0.161 e. The normalized spacial score (nSPS) is 23.0. The van der Waals surface area contributed by atoms with Crippen LogP contribution in [0.4, 0.5) is 0 Å². The number of methoxy groups -OCH3 is 1. The molecule has 4 heteroatoms. The number of para-hydroxylation sites is 2. The first-order valence-corrected chi connectivity index (χ1v) is 6.41. The standard InChI is InChI=1S/C14H21NO3/c1-17-12-5-2-3-6-13(12)18-10-8-14(11-16)7-4-9-15-14/h2-3,5-6,15-16H,4,7-11H2,1H3. The number of rotatable bonds is 6. The fourth-order valence-corrected chi connectivity index (χ4v) is 2.39. The molecule has 0 amide bonds. The molecule has 0 aromatic heterocycles. The zero-order valence-corrected chi connectivity index (χ0v) is 10.8. The number of nitrogens with one attached hydrogen (secondary N) is 1. The van der Waals surface area contributed by atoms with Gasteiger partial charge >= 0.3 is 0 Å². The van der Waals surface area contributed by atoms with Crippen molar-refractivity contribution in [3.8, 4) is 11.5 Å². The lowest BCUT2D eigenvalue weighted by Gasteiger charge is -2.27. The highest BCUT2D eigenvalue weighted by Gasteiger charge is 2.32. The van der Waals surface area contributed by atoms with Crippen LogP contribution < -0.4 is 14.8 Å². The molecule has 1 aliphatic rings. The Morgan fingerprint density at radius 2 is 2.11 bits per heavy atom. The van der Waals surface area contributed by atoms with Crippen LogP contribution in [0.15, 0.2) is 24.3 Å². The Balaban J connectivity index is 1.88. The average Bonchev–Trinajstić information content (AvgIpc) is 2.89. The summed E-state index contributed by atoms with van der Waals surface area (Å²) < 4.78 is 11.0. The maximum absolute atomic E-state index is 9.47. The number of aliphatic hydroxyl groups is 1. The fraction of sp³-hybridized carbons (Fsp3) is 0.571. The summed E-state index contributed by atoms with van der Waals surface area (Å²) in [5.41, 5.74) is -0.151. The number of ether oxygens (including phenoxy) is 2. The Morgan fingerprint density at radius 1 is 1.33 bits per heavy atom. The Morgan fingerprint density at radius 3 is 2.72 bits per heavy atom. The van der Waals surface area contributed by atoms with Crippen molar-refractivity contribution >= 4 is 0 Å². The van der Waals surface area contributed by atoms with E-state index in [1.807, 2.05) is 24.3 Å². The van der Waals surface area contributed by atoms with Gasteiger partial charge in [0, 0.05) is 12.0 Å². The van der Waals surface area contributed by atoms with Crippen molar-refractivity contribution in [1.82, 2.24) is 5.32 Å². The molecular formula is C14H21NO3. The summed E-state index contributed by atoms with van der Waals surface area (Å²) in [6, 6.07) is 7.62. The lowest BCUT2D eigenvalue weighted by Crippen LogP contribution is -2.44. The van der Waals surface area contributed by atoms with Crippen LogP contribution in [0.1, 0.15) is 19.3 Å². The van der Waals surface area contributed by atoms with E-state index in [2.05, 4.69) is 5.32 Å². The minimum Gasteiger partial charge on any atom is -0.493 e. The van der Waals surface area contributed by atoms with Crippen LogP contribution in [0.2, 0.25) is 0 Å². The van der Waals surface area contributed by atoms with E-state index < -0.39 is 0 Å². The summed E-state index contributed by atoms with van der Waals surface area (Å²) in [7, 11) is 1.63. The highest BCUT2D eigenvalue weighted by Crippen LogP contribution is 2.27. The summed E-state index contributed by atoms with van der Waals surface area (Å²) in [5, 5.41) is 12.8. The quantitative estimate of drug-likeness (QED) is 0.806. The monoisotopic (exact) mass is 251 g/mol. The summed E-state index contributed by atoms with van der Waals surface area (Å²) in [6.45, 7) is 1.73. The molecule has 0 bridgehead atoms. The van der Waals surface area contributed by atoms with Gasteiger partial charge in [0.2, 0.25) is 0 Å². The molecule has 1 aliphatic heterocycles. The molecule has 1 saturated heterocycles. The maximum Gasteiger partial charge on any atom is 0.161 e. The van der Waals surface area contributed by atoms with Crippen molar-refractivity contribution in [2.75, 3.05) is 26.9 Å². The van der Waals surface area contributed by atoms with Gasteiger partial charge in [-0.15, -0.1) is 0 Å². The topological polar surface area (TPSA) is 50.7 Å². The molecule has 2 N–H and O–H groups in total. The lowest BCUT2D eigenvalue weighted by molar-refractivity contribution is 0.145. The second-order valence-corrected chi connectivity index (χ2v) is 4.72. The molecule has 18 heavy (non-hydrogen) atoms. The number of benzene rings is 1. The third-order valence-corrected chi connectivity index (χ3v) is 3.54. The van der Waals surface area contributed by atoms with Crippen molar-refractivity contribution in [1.29, 1.82) is 0 Å². The summed E-state index contributed by atoms with van der Waals surface area (Å²) in [5.74, 6) is 1.50. The van der Waals surface area contributed by atoms with Crippen LogP contribution in [-0.4, -0.2) is 37.5 Å². The molecule has 100 valence electrons. The molecule has 1 aromatic carbocycles. The molecule has 0 saturated carbocycles. The van der Waals surface area contributed by atoms with E-state index >= 15 is 0 Å². The molecule has 2 rings (SSSR count). The molecule has 0 spiro atoms. The van der Waals surface area contributed by atoms with Crippen molar-refractivity contribution in [2.24, 2.45) is 0 Å². The van der Waals surface area contributed by atoms with E-state index in [0.717, 1.165) is 37.3 Å². The predicted molar refractivity (Wildman–Crippen MR) is 70.2 cm³/mol. The third-order valence-electron chi connectivity index (χ3n) is 3.54. The number of hydrogen-bond donors (Lipinski definition) is 2. The van der Waals surface area contributed by atoms with E-state index in [0.29, 0.717) is 6.61 Å². The van der Waals surface area contributed by atoms with Gasteiger partial charge in [-0.05, 0) is 31.5 Å². The van der Waals surface area contributed by atoms with E-state index in [-0.39, 0.29) is 12.1 Å². The van der Waals surface area contributed by atoms with Crippen LogP contribution in [-0.2, 0) is 0 Å². The molecule has 1 unspecified atom stereocenters. The van der Waals surface area contributed by atoms with Gasteiger partial charge in [0.25, 0.3) is 0 Å². The van der Waals surface area contributed by atoms with Crippen molar-refractivity contribution in [3.63, 3.8) is 0 Å². The first-order valence-electron chi connectivity index (χ1n) is 6.41. The van der Waals surface area contributed by atoms with Gasteiger partial charge < -0.3 is 19.9 Å². The molecule has 0 radical (unpaired) electrons. The largest absolute Gasteiger partial charge is 0.493 e. The molecule has 1 aromatic rings. The highest BCUT2D eigenvalue weighted by molar-refractivity contribution is 5.39. The molecule has 1 fully saturated rings. The van der Waals surface area contributed by atoms with E-state index in [1.165, 1.54) is 0 Å². The Hall–Kier alpha value is -1.26. The van der Waals surface area contributed by atoms with Crippen LogP contribution in [0, 0.1) is 0 Å². The van der Waals surface area contributed by atoms with Crippen LogP contribution in [0.25, 0.3) is 0 Å². The summed E-state index contributed by atoms with van der Waals surface area (Å²) >= 11 is 0. The first kappa shape index (κ1) is 13.2. The van der Waals surface area contributed by atoms with E-state index in [9.17, 15) is 5.11 Å². The average molecular weight is 251 g/mol. The lowest BCUT2D eigenvalue weighted by atomic mass is 9.95. The maximum atomic E-state index is 9.47. The van der Waals surface area contributed by atoms with Crippen molar-refractivity contribution in [3.05, 3.63) is 24.3 Å². The van der Waals surface area contributed by atoms with Gasteiger partial charge in [0.1, 0.15) is 0 Å². The molecule has 1 atom stereocenters. The molecule has 4 nitrogen and oxygen atoms in total. The zero-order chi connectivity index (χ0) is 12.8. The first-order chi connectivity index (χ1) is 8.79. The zero-order valence-electron chi connectivity index (χ0n) is 10.8. The van der Waals surface area contributed by atoms with Crippen LogP contribution >= 0.6 is 0 Å². The van der Waals surface area contributed by atoms with Gasteiger partial charge in [-0.2, -0.15) is 0 Å². The van der Waals surface area contributed by atoms with Gasteiger partial charge in [0.15, 0.2) is 11.5 Å². The van der Waals surface area contributed by atoms with Gasteiger partial charge in [-0.25, -0.2) is 0 Å². The minimum absolute atomic E-state index is 0.151. The molecule has 0 aliphatic carbocycles. The van der Waals surface area contributed by atoms with E-state index in [1.54, 1.807) is 7.11 Å². The van der Waals surface area contributed by atoms with Gasteiger partial charge in [-0.1, -0.05) is 12.1 Å². The van der Waals surface area contributed by atoms with Crippen LogP contribution in [0.3, 0.4) is 0 Å². The van der Waals surface area contributed by atoms with Crippen molar-refractivity contribution < 1.29 is 14.6 Å². The minimum atomic E-state index is -0.151. The Bertz CT molecular complexity index is 375. The second kappa shape index (κ2) is 6.07. The Kier molecular flexibility index (Phi) is 4.44. The second-order valence-electron chi connectivity index (χ2n) is 4.72.